The highest BCUT2D eigenvalue weighted by atomic mass is 16.5. The number of hydrogen-bond acceptors (Lipinski definition) is 4. The molecule has 0 aromatic heterocycles. The van der Waals surface area contributed by atoms with Crippen molar-refractivity contribution in [1.29, 1.82) is 0 Å². The minimum Gasteiger partial charge on any atom is -0.493 e. The molecular formula is C8H19BO4. The Morgan fingerprint density at radius 2 is 1.54 bits per heavy atom. The summed E-state index contributed by atoms with van der Waals surface area (Å²) in [6.45, 7) is 10.5. The normalized spacial score (nSPS) is 11.0. The molecule has 0 aromatic rings. The minimum atomic E-state index is -0.846. The van der Waals surface area contributed by atoms with Crippen molar-refractivity contribution < 1.29 is 19.9 Å². The molecule has 0 aliphatic rings. The molecule has 4 nitrogen and oxygen atoms in total. The summed E-state index contributed by atoms with van der Waals surface area (Å²) in [6.07, 6.45) is 1.35. The molecule has 0 atom stereocenters. The van der Waals surface area contributed by atoms with Crippen molar-refractivity contribution in [3.8, 4) is 0 Å². The Bertz CT molecular complexity index is 140. The number of hydrogen-bond donors (Lipinski definition) is 3. The van der Waals surface area contributed by atoms with Gasteiger partial charge in [-0.2, -0.15) is 0 Å². The van der Waals surface area contributed by atoms with Gasteiger partial charge in [0.1, 0.15) is 5.60 Å². The Balaban J connectivity index is 0. The first-order chi connectivity index (χ1) is 5.72. The van der Waals surface area contributed by atoms with Crippen molar-refractivity contribution in [2.45, 2.75) is 38.9 Å². The second-order valence-electron chi connectivity index (χ2n) is 3.50. The first-order valence-corrected chi connectivity index (χ1v) is 3.95. The van der Waals surface area contributed by atoms with Crippen molar-refractivity contribution in [2.75, 3.05) is 0 Å². The van der Waals surface area contributed by atoms with Crippen LogP contribution in [0, 0.1) is 0 Å². The van der Waals surface area contributed by atoms with Crippen molar-refractivity contribution in [3.05, 3.63) is 12.8 Å². The summed E-state index contributed by atoms with van der Waals surface area (Å²) in [4.78, 5) is 0. The molecule has 0 spiro atoms. The second kappa shape index (κ2) is 6.02. The van der Waals surface area contributed by atoms with Crippen LogP contribution in [-0.2, 0) is 4.74 Å². The average Bonchev–Trinajstić information content (AvgIpc) is 1.85. The van der Waals surface area contributed by atoms with Gasteiger partial charge < -0.3 is 19.9 Å². The first kappa shape index (κ1) is 15.0. The van der Waals surface area contributed by atoms with E-state index in [2.05, 4.69) is 6.58 Å². The molecule has 0 heterocycles. The lowest BCUT2D eigenvalue weighted by Crippen LogP contribution is -2.46. The van der Waals surface area contributed by atoms with Gasteiger partial charge in [0.2, 0.25) is 0 Å². The van der Waals surface area contributed by atoms with E-state index in [9.17, 15) is 5.11 Å². The second-order valence-corrected chi connectivity index (χ2v) is 3.50. The lowest BCUT2D eigenvalue weighted by atomic mass is 9.90. The topological polar surface area (TPSA) is 69.9 Å². The fourth-order valence-corrected chi connectivity index (χ4v) is 0.353. The minimum absolute atomic E-state index is 0.575. The predicted molar refractivity (Wildman–Crippen MR) is 53.2 cm³/mol. The summed E-state index contributed by atoms with van der Waals surface area (Å²) >= 11 is 0. The van der Waals surface area contributed by atoms with E-state index in [1.807, 2.05) is 13.8 Å². The Morgan fingerprint density at radius 1 is 1.23 bits per heavy atom. The number of rotatable bonds is 3. The van der Waals surface area contributed by atoms with E-state index in [-0.39, 0.29) is 0 Å². The third-order valence-electron chi connectivity index (χ3n) is 1.85. The molecule has 0 bridgehead atoms. The summed E-state index contributed by atoms with van der Waals surface area (Å²) in [5.74, 6) is 0. The van der Waals surface area contributed by atoms with Gasteiger partial charge in [0, 0.05) is 0 Å². The van der Waals surface area contributed by atoms with Gasteiger partial charge in [-0.25, -0.2) is 0 Å². The number of ether oxygens (including phenoxy) is 1. The molecule has 0 saturated heterocycles. The predicted octanol–water partition coefficient (Wildman–Crippen LogP) is -0.0665. The van der Waals surface area contributed by atoms with Crippen LogP contribution in [0.5, 0.6) is 0 Å². The first-order valence-electron chi connectivity index (χ1n) is 3.95. The fraction of sp³-hybridized carbons (Fsp3) is 0.750. The van der Waals surface area contributed by atoms with Crippen LogP contribution in [0.1, 0.15) is 27.7 Å². The molecule has 0 radical (unpaired) electrons. The lowest BCUT2D eigenvalue weighted by Gasteiger charge is -2.35. The fourth-order valence-electron chi connectivity index (χ4n) is 0.353. The highest BCUT2D eigenvalue weighted by molar-refractivity contribution is 6.13. The van der Waals surface area contributed by atoms with Gasteiger partial charge in [-0.05, 0) is 27.7 Å². The molecule has 0 rings (SSSR count). The Labute approximate surface area is 80.2 Å². The van der Waals surface area contributed by atoms with E-state index in [0.717, 1.165) is 0 Å². The quantitative estimate of drug-likeness (QED) is 0.430. The van der Waals surface area contributed by atoms with Crippen LogP contribution in [-0.4, -0.2) is 34.0 Å². The molecule has 0 unspecified atom stereocenters. The van der Waals surface area contributed by atoms with Crippen LogP contribution < -0.4 is 0 Å². The molecule has 0 saturated carbocycles. The van der Waals surface area contributed by atoms with Gasteiger partial charge >= 0.3 is 7.69 Å². The Morgan fingerprint density at radius 3 is 1.62 bits per heavy atom. The Hall–Kier alpha value is -0.515. The molecule has 0 fully saturated rings. The van der Waals surface area contributed by atoms with Gasteiger partial charge in [-0.1, -0.05) is 6.58 Å². The van der Waals surface area contributed by atoms with E-state index in [4.69, 9.17) is 14.8 Å². The monoisotopic (exact) mass is 190 g/mol. The molecule has 78 valence electrons. The van der Waals surface area contributed by atoms with Gasteiger partial charge in [-0.3, -0.25) is 0 Å². The van der Waals surface area contributed by atoms with Gasteiger partial charge in [0.15, 0.2) is 0 Å². The summed E-state index contributed by atoms with van der Waals surface area (Å²) in [7, 11) is -0.750. The summed E-state index contributed by atoms with van der Waals surface area (Å²) in [5.41, 5.74) is -1.42. The molecule has 5 heteroatoms. The molecule has 13 heavy (non-hydrogen) atoms. The van der Waals surface area contributed by atoms with Crippen molar-refractivity contribution in [2.24, 2.45) is 0 Å². The van der Waals surface area contributed by atoms with E-state index in [1.165, 1.54) is 6.26 Å². The van der Waals surface area contributed by atoms with Gasteiger partial charge in [-0.15, -0.1) is 0 Å². The van der Waals surface area contributed by atoms with Crippen molar-refractivity contribution in [3.63, 3.8) is 0 Å². The highest BCUT2D eigenvalue weighted by Crippen LogP contribution is 2.24. The maximum atomic E-state index is 9.50. The largest absolute Gasteiger partial charge is 0.493 e. The van der Waals surface area contributed by atoms with Crippen LogP contribution >= 0.6 is 0 Å². The van der Waals surface area contributed by atoms with Gasteiger partial charge in [0.25, 0.3) is 0 Å². The summed E-state index contributed by atoms with van der Waals surface area (Å²) in [6, 6.07) is 0. The van der Waals surface area contributed by atoms with E-state index < -0.39 is 18.9 Å². The maximum Gasteiger partial charge on any atom is 0.432 e. The zero-order valence-electron chi connectivity index (χ0n) is 8.74. The Kier molecular flexibility index (Phi) is 6.93. The third kappa shape index (κ3) is 6.63. The molecule has 3 N–H and O–H groups in total. The van der Waals surface area contributed by atoms with Crippen LogP contribution in [0.2, 0.25) is 0 Å². The van der Waals surface area contributed by atoms with E-state index in [0.29, 0.717) is 0 Å². The van der Waals surface area contributed by atoms with Gasteiger partial charge in [0.05, 0.1) is 11.9 Å². The molecule has 0 amide bonds. The molecular weight excluding hydrogens is 171 g/mol. The standard InChI is InChI=1S/C8H16O2.BH3O2/c1-6-10-8(4,5)7(2,3)9;2-1-3/h6,9H,1H2,2-5H3;1-3H. The lowest BCUT2D eigenvalue weighted by molar-refractivity contribution is -0.113. The van der Waals surface area contributed by atoms with Crippen LogP contribution in [0.3, 0.4) is 0 Å². The average molecular weight is 190 g/mol. The maximum absolute atomic E-state index is 9.50. The molecule has 0 aliphatic heterocycles. The smallest absolute Gasteiger partial charge is 0.432 e. The zero-order valence-corrected chi connectivity index (χ0v) is 8.74. The van der Waals surface area contributed by atoms with E-state index in [1.54, 1.807) is 13.8 Å². The van der Waals surface area contributed by atoms with Crippen LogP contribution in [0.4, 0.5) is 0 Å². The van der Waals surface area contributed by atoms with Crippen LogP contribution in [0.15, 0.2) is 12.8 Å². The molecule has 0 aromatic carbocycles. The molecule has 0 aliphatic carbocycles. The highest BCUT2D eigenvalue weighted by Gasteiger charge is 2.35. The SMILES string of the molecule is C=COC(C)(C)C(C)(C)O.OBO. The third-order valence-corrected chi connectivity index (χ3v) is 1.85. The van der Waals surface area contributed by atoms with E-state index >= 15 is 0 Å². The van der Waals surface area contributed by atoms with Crippen LogP contribution in [0.25, 0.3) is 0 Å². The summed E-state index contributed by atoms with van der Waals surface area (Å²) in [5, 5.41) is 23.8. The van der Waals surface area contributed by atoms with Crippen molar-refractivity contribution >= 4 is 7.69 Å². The zero-order chi connectivity index (χ0) is 11.1. The van der Waals surface area contributed by atoms with Crippen molar-refractivity contribution in [1.82, 2.24) is 0 Å². The summed E-state index contributed by atoms with van der Waals surface area (Å²) < 4.78 is 5.11. The number of aliphatic hydroxyl groups is 1.